The Morgan fingerprint density at radius 2 is 1.38 bits per heavy atom. The zero-order valence-electron chi connectivity index (χ0n) is 13.3. The molecule has 0 aliphatic carbocycles. The van der Waals surface area contributed by atoms with E-state index in [1.807, 2.05) is 24.3 Å². The molecule has 0 heterocycles. The molecule has 3 aromatic rings. The zero-order chi connectivity index (χ0) is 17.1. The van der Waals surface area contributed by atoms with Gasteiger partial charge in [-0.05, 0) is 47.5 Å². The Kier molecular flexibility index (Phi) is 4.47. The van der Waals surface area contributed by atoms with Gasteiger partial charge >= 0.3 is 0 Å². The van der Waals surface area contributed by atoms with Crippen LogP contribution in [0.15, 0.2) is 60.7 Å². The van der Waals surface area contributed by atoms with Gasteiger partial charge in [-0.2, -0.15) is 0 Å². The molecule has 0 saturated heterocycles. The van der Waals surface area contributed by atoms with Crippen LogP contribution < -0.4 is 9.47 Å². The average molecular weight is 326 g/mol. The lowest BCUT2D eigenvalue weighted by molar-refractivity contribution is 0.414. The van der Waals surface area contributed by atoms with Crippen molar-refractivity contribution >= 4 is 0 Å². The van der Waals surface area contributed by atoms with E-state index in [1.165, 1.54) is 25.3 Å². The molecule has 0 spiro atoms. The first kappa shape index (κ1) is 16.0. The molecule has 4 heteroatoms. The molecule has 0 N–H and O–H groups in total. The molecule has 3 aromatic carbocycles. The highest BCUT2D eigenvalue weighted by Gasteiger charge is 2.16. The van der Waals surface area contributed by atoms with Gasteiger partial charge in [0.05, 0.1) is 19.8 Å². The second-order valence-corrected chi connectivity index (χ2v) is 5.24. The van der Waals surface area contributed by atoms with Crippen LogP contribution in [0.4, 0.5) is 8.78 Å². The monoisotopic (exact) mass is 326 g/mol. The van der Waals surface area contributed by atoms with Crippen molar-refractivity contribution < 1.29 is 18.3 Å². The quantitative estimate of drug-likeness (QED) is 0.646. The van der Waals surface area contributed by atoms with E-state index in [4.69, 9.17) is 9.47 Å². The summed E-state index contributed by atoms with van der Waals surface area (Å²) >= 11 is 0. The van der Waals surface area contributed by atoms with E-state index in [1.54, 1.807) is 25.3 Å². The first-order valence-electron chi connectivity index (χ1n) is 7.41. The van der Waals surface area contributed by atoms with Gasteiger partial charge in [-0.3, -0.25) is 0 Å². The van der Waals surface area contributed by atoms with Gasteiger partial charge in [0, 0.05) is 5.56 Å². The van der Waals surface area contributed by atoms with Crippen LogP contribution in [0, 0.1) is 11.6 Å². The summed E-state index contributed by atoms with van der Waals surface area (Å²) in [5, 5.41) is 0. The summed E-state index contributed by atoms with van der Waals surface area (Å²) in [4.78, 5) is 0. The lowest BCUT2D eigenvalue weighted by Crippen LogP contribution is -1.94. The molecule has 0 unspecified atom stereocenters. The lowest BCUT2D eigenvalue weighted by atomic mass is 9.98. The lowest BCUT2D eigenvalue weighted by Gasteiger charge is -2.13. The molecular weight excluding hydrogens is 310 g/mol. The van der Waals surface area contributed by atoms with E-state index in [0.29, 0.717) is 11.3 Å². The fourth-order valence-corrected chi connectivity index (χ4v) is 2.64. The van der Waals surface area contributed by atoms with Crippen molar-refractivity contribution in [3.05, 3.63) is 72.3 Å². The summed E-state index contributed by atoms with van der Waals surface area (Å²) in [5.41, 5.74) is 2.07. The van der Waals surface area contributed by atoms with Crippen LogP contribution in [0.5, 0.6) is 11.5 Å². The van der Waals surface area contributed by atoms with E-state index < -0.39 is 11.6 Å². The van der Waals surface area contributed by atoms with Gasteiger partial charge in [0.1, 0.15) is 23.1 Å². The van der Waals surface area contributed by atoms with Gasteiger partial charge in [0.15, 0.2) is 0 Å². The summed E-state index contributed by atoms with van der Waals surface area (Å²) in [6, 6.07) is 16.6. The Labute approximate surface area is 139 Å². The summed E-state index contributed by atoms with van der Waals surface area (Å²) in [6.45, 7) is 0. The summed E-state index contributed by atoms with van der Waals surface area (Å²) in [7, 11) is 3.08. The summed E-state index contributed by atoms with van der Waals surface area (Å²) in [6.07, 6.45) is 0. The maximum Gasteiger partial charge on any atom is 0.134 e. The van der Waals surface area contributed by atoms with Crippen molar-refractivity contribution in [2.24, 2.45) is 0 Å². The van der Waals surface area contributed by atoms with E-state index in [9.17, 15) is 8.78 Å². The molecule has 0 saturated carbocycles. The minimum Gasteiger partial charge on any atom is -0.497 e. The molecule has 0 amide bonds. The highest BCUT2D eigenvalue weighted by Crippen LogP contribution is 2.37. The number of hydrogen-bond acceptors (Lipinski definition) is 2. The maximum absolute atomic E-state index is 14.1. The molecule has 122 valence electrons. The van der Waals surface area contributed by atoms with Crippen molar-refractivity contribution in [1.82, 2.24) is 0 Å². The molecule has 0 aliphatic heterocycles. The first-order chi connectivity index (χ1) is 11.6. The largest absolute Gasteiger partial charge is 0.497 e. The average Bonchev–Trinajstić information content (AvgIpc) is 2.61. The molecular formula is C20H16F2O2. The number of methoxy groups -OCH3 is 2. The number of benzene rings is 3. The van der Waals surface area contributed by atoms with Crippen molar-refractivity contribution in [3.63, 3.8) is 0 Å². The van der Waals surface area contributed by atoms with Gasteiger partial charge in [-0.1, -0.05) is 24.3 Å². The number of hydrogen-bond donors (Lipinski definition) is 0. The standard InChI is InChI=1S/C20H16F2O2/c1-23-15-6-3-5-13(11-15)14-9-10-16(19(12-14)24-2)20-17(21)7-4-8-18(20)22/h3-12H,1-2H3. The van der Waals surface area contributed by atoms with Crippen molar-refractivity contribution in [1.29, 1.82) is 0 Å². The van der Waals surface area contributed by atoms with Crippen LogP contribution in [-0.4, -0.2) is 14.2 Å². The second kappa shape index (κ2) is 6.71. The molecule has 3 rings (SSSR count). The number of rotatable bonds is 4. The predicted molar refractivity (Wildman–Crippen MR) is 90.3 cm³/mol. The minimum absolute atomic E-state index is 0.0912. The van der Waals surface area contributed by atoms with Crippen molar-refractivity contribution in [2.45, 2.75) is 0 Å². The van der Waals surface area contributed by atoms with Crippen LogP contribution in [0.2, 0.25) is 0 Å². The first-order valence-corrected chi connectivity index (χ1v) is 7.41. The Morgan fingerprint density at radius 1 is 0.708 bits per heavy atom. The fraction of sp³-hybridized carbons (Fsp3) is 0.100. The smallest absolute Gasteiger partial charge is 0.134 e. The minimum atomic E-state index is -0.623. The van der Waals surface area contributed by atoms with Crippen molar-refractivity contribution in [2.75, 3.05) is 14.2 Å². The molecule has 0 aliphatic rings. The second-order valence-electron chi connectivity index (χ2n) is 5.24. The number of halogens is 2. The van der Waals surface area contributed by atoms with Crippen LogP contribution in [0.1, 0.15) is 0 Å². The van der Waals surface area contributed by atoms with Crippen molar-refractivity contribution in [3.8, 4) is 33.8 Å². The Hall–Kier alpha value is -2.88. The Bertz CT molecular complexity index is 855. The normalized spacial score (nSPS) is 10.5. The summed E-state index contributed by atoms with van der Waals surface area (Å²) < 4.78 is 38.7. The third-order valence-electron chi connectivity index (χ3n) is 3.84. The topological polar surface area (TPSA) is 18.5 Å². The molecule has 0 radical (unpaired) electrons. The molecule has 0 bridgehead atoms. The third kappa shape index (κ3) is 2.95. The third-order valence-corrected chi connectivity index (χ3v) is 3.84. The fourth-order valence-electron chi connectivity index (χ4n) is 2.64. The zero-order valence-corrected chi connectivity index (χ0v) is 13.3. The van der Waals surface area contributed by atoms with E-state index in [-0.39, 0.29) is 5.56 Å². The van der Waals surface area contributed by atoms with Crippen LogP contribution in [0.3, 0.4) is 0 Å². The highest BCUT2D eigenvalue weighted by atomic mass is 19.1. The van der Waals surface area contributed by atoms with E-state index >= 15 is 0 Å². The number of ether oxygens (including phenoxy) is 2. The van der Waals surface area contributed by atoms with Gasteiger partial charge in [-0.25, -0.2) is 8.78 Å². The maximum atomic E-state index is 14.1. The van der Waals surface area contributed by atoms with Gasteiger partial charge in [0.25, 0.3) is 0 Å². The highest BCUT2D eigenvalue weighted by molar-refractivity contribution is 5.77. The molecule has 0 aromatic heterocycles. The van der Waals surface area contributed by atoms with Crippen LogP contribution in [-0.2, 0) is 0 Å². The Balaban J connectivity index is 2.12. The van der Waals surface area contributed by atoms with Gasteiger partial charge < -0.3 is 9.47 Å². The van der Waals surface area contributed by atoms with Crippen LogP contribution >= 0.6 is 0 Å². The van der Waals surface area contributed by atoms with Gasteiger partial charge in [0.2, 0.25) is 0 Å². The van der Waals surface area contributed by atoms with Crippen LogP contribution in [0.25, 0.3) is 22.3 Å². The summed E-state index contributed by atoms with van der Waals surface area (Å²) in [5.74, 6) is -0.111. The van der Waals surface area contributed by atoms with E-state index in [0.717, 1.165) is 16.9 Å². The molecule has 2 nitrogen and oxygen atoms in total. The molecule has 0 fully saturated rings. The van der Waals surface area contributed by atoms with Gasteiger partial charge in [-0.15, -0.1) is 0 Å². The molecule has 0 atom stereocenters. The Morgan fingerprint density at radius 3 is 2.04 bits per heavy atom. The molecule has 24 heavy (non-hydrogen) atoms. The van der Waals surface area contributed by atoms with E-state index in [2.05, 4.69) is 0 Å². The SMILES string of the molecule is COc1cccc(-c2ccc(-c3c(F)cccc3F)c(OC)c2)c1. The predicted octanol–water partition coefficient (Wildman–Crippen LogP) is 5.32.